The molecule has 1 N–H and O–H groups in total. The number of rotatable bonds is 0. The number of hydrogen-bond acceptors (Lipinski definition) is 2. The summed E-state index contributed by atoms with van der Waals surface area (Å²) in [5.74, 6) is 0. The first kappa shape index (κ1) is 6.75. The normalized spacial score (nSPS) is 36.1. The van der Waals surface area contributed by atoms with Crippen molar-refractivity contribution in [2.45, 2.75) is 32.9 Å². The van der Waals surface area contributed by atoms with Crippen molar-refractivity contribution in [2.24, 2.45) is 4.99 Å². The lowest BCUT2D eigenvalue weighted by molar-refractivity contribution is 0.556. The van der Waals surface area contributed by atoms with Gasteiger partial charge in [0.15, 0.2) is 0 Å². The van der Waals surface area contributed by atoms with Crippen molar-refractivity contribution in [1.82, 2.24) is 5.32 Å². The molecule has 0 spiro atoms. The molecule has 0 bridgehead atoms. The van der Waals surface area contributed by atoms with Crippen LogP contribution in [0.15, 0.2) is 4.99 Å². The predicted octanol–water partition coefficient (Wildman–Crippen LogP) is 0.828. The van der Waals surface area contributed by atoms with Gasteiger partial charge < -0.3 is 5.32 Å². The molecule has 0 fully saturated rings. The van der Waals surface area contributed by atoms with Gasteiger partial charge in [0, 0.05) is 18.3 Å². The fraction of sp³-hybridized carbons (Fsp3) is 0.857. The van der Waals surface area contributed by atoms with Gasteiger partial charge in [-0.25, -0.2) is 0 Å². The van der Waals surface area contributed by atoms with Gasteiger partial charge in [0.1, 0.15) is 0 Å². The van der Waals surface area contributed by atoms with E-state index in [2.05, 4.69) is 31.1 Å². The van der Waals surface area contributed by atoms with Crippen LogP contribution in [-0.2, 0) is 0 Å². The van der Waals surface area contributed by atoms with Crippen LogP contribution < -0.4 is 5.32 Å². The van der Waals surface area contributed by atoms with Crippen molar-refractivity contribution < 1.29 is 0 Å². The van der Waals surface area contributed by atoms with Gasteiger partial charge in [-0.1, -0.05) is 0 Å². The van der Waals surface area contributed by atoms with E-state index in [4.69, 9.17) is 0 Å². The van der Waals surface area contributed by atoms with Crippen molar-refractivity contribution >= 4 is 5.71 Å². The monoisotopic (exact) mass is 126 g/mol. The molecule has 52 valence electrons. The Morgan fingerprint density at radius 1 is 1.56 bits per heavy atom. The van der Waals surface area contributed by atoms with Crippen molar-refractivity contribution in [1.29, 1.82) is 0 Å². The summed E-state index contributed by atoms with van der Waals surface area (Å²) >= 11 is 0. The molecule has 1 aliphatic rings. The highest BCUT2D eigenvalue weighted by atomic mass is 15.0. The number of aliphatic imine (C=N–C) groups is 1. The topological polar surface area (TPSA) is 24.4 Å². The van der Waals surface area contributed by atoms with Crippen LogP contribution in [0.5, 0.6) is 0 Å². The summed E-state index contributed by atoms with van der Waals surface area (Å²) in [6.45, 7) is 7.37. The van der Waals surface area contributed by atoms with E-state index in [0.717, 1.165) is 6.54 Å². The summed E-state index contributed by atoms with van der Waals surface area (Å²) in [4.78, 5) is 4.42. The van der Waals surface area contributed by atoms with E-state index in [1.54, 1.807) is 0 Å². The van der Waals surface area contributed by atoms with Crippen LogP contribution in [0.25, 0.3) is 0 Å². The van der Waals surface area contributed by atoms with Gasteiger partial charge in [0.2, 0.25) is 0 Å². The summed E-state index contributed by atoms with van der Waals surface area (Å²) in [7, 11) is 0. The quantitative estimate of drug-likeness (QED) is 0.510. The van der Waals surface area contributed by atoms with Gasteiger partial charge in [-0.05, 0) is 20.8 Å². The number of nitrogens with zero attached hydrogens (tertiary/aromatic N) is 1. The predicted molar refractivity (Wildman–Crippen MR) is 40.0 cm³/mol. The van der Waals surface area contributed by atoms with Crippen molar-refractivity contribution in [3.63, 3.8) is 0 Å². The Balaban J connectivity index is 2.61. The standard InChI is InChI=1S/C7H14N2/c1-5-4-8-6(2)7(3)9-5/h5-6,8H,4H2,1-3H3/t5-,6-/m1/s1. The molecular formula is C7H14N2. The first-order valence-corrected chi connectivity index (χ1v) is 3.48. The maximum atomic E-state index is 4.42. The lowest BCUT2D eigenvalue weighted by Gasteiger charge is -2.22. The third-order valence-corrected chi connectivity index (χ3v) is 1.77. The largest absolute Gasteiger partial charge is 0.307 e. The van der Waals surface area contributed by atoms with Gasteiger partial charge >= 0.3 is 0 Å². The third kappa shape index (κ3) is 1.52. The number of hydrogen-bond donors (Lipinski definition) is 1. The Kier molecular flexibility index (Phi) is 1.86. The van der Waals surface area contributed by atoms with Crippen LogP contribution in [0, 0.1) is 0 Å². The van der Waals surface area contributed by atoms with E-state index in [-0.39, 0.29) is 0 Å². The minimum Gasteiger partial charge on any atom is -0.307 e. The average Bonchev–Trinajstić information content (AvgIpc) is 1.80. The van der Waals surface area contributed by atoms with Gasteiger partial charge in [-0.3, -0.25) is 4.99 Å². The fourth-order valence-corrected chi connectivity index (χ4v) is 1.00. The fourth-order valence-electron chi connectivity index (χ4n) is 1.00. The molecular weight excluding hydrogens is 112 g/mol. The lowest BCUT2D eigenvalue weighted by atomic mass is 10.1. The van der Waals surface area contributed by atoms with E-state index in [1.807, 2.05) is 0 Å². The van der Waals surface area contributed by atoms with Crippen LogP contribution in [0.2, 0.25) is 0 Å². The lowest BCUT2D eigenvalue weighted by Crippen LogP contribution is -2.41. The van der Waals surface area contributed by atoms with Crippen LogP contribution >= 0.6 is 0 Å². The summed E-state index contributed by atoms with van der Waals surface area (Å²) < 4.78 is 0. The molecule has 9 heavy (non-hydrogen) atoms. The maximum absolute atomic E-state index is 4.42. The van der Waals surface area contributed by atoms with Gasteiger partial charge in [-0.15, -0.1) is 0 Å². The highest BCUT2D eigenvalue weighted by molar-refractivity contribution is 5.87. The van der Waals surface area contributed by atoms with Crippen molar-refractivity contribution in [2.75, 3.05) is 6.54 Å². The molecule has 0 aromatic carbocycles. The molecule has 0 amide bonds. The molecule has 1 rings (SSSR count). The highest BCUT2D eigenvalue weighted by Crippen LogP contribution is 1.99. The van der Waals surface area contributed by atoms with E-state index in [9.17, 15) is 0 Å². The Labute approximate surface area is 56.4 Å². The zero-order chi connectivity index (χ0) is 6.85. The first-order chi connectivity index (χ1) is 4.20. The molecule has 0 radical (unpaired) electrons. The SMILES string of the molecule is CC1=N[C@H](C)CN[C@@H]1C. The van der Waals surface area contributed by atoms with Gasteiger partial charge in [0.25, 0.3) is 0 Å². The van der Waals surface area contributed by atoms with E-state index >= 15 is 0 Å². The maximum Gasteiger partial charge on any atom is 0.0596 e. The molecule has 2 heteroatoms. The molecule has 0 aliphatic carbocycles. The van der Waals surface area contributed by atoms with Crippen molar-refractivity contribution in [3.05, 3.63) is 0 Å². The summed E-state index contributed by atoms with van der Waals surface area (Å²) in [6.07, 6.45) is 0. The van der Waals surface area contributed by atoms with E-state index in [0.29, 0.717) is 12.1 Å². The Morgan fingerprint density at radius 2 is 2.22 bits per heavy atom. The van der Waals surface area contributed by atoms with Crippen LogP contribution in [-0.4, -0.2) is 24.3 Å². The van der Waals surface area contributed by atoms with Crippen LogP contribution in [0.3, 0.4) is 0 Å². The Hall–Kier alpha value is -0.370. The van der Waals surface area contributed by atoms with Crippen LogP contribution in [0.4, 0.5) is 0 Å². The molecule has 2 atom stereocenters. The zero-order valence-electron chi connectivity index (χ0n) is 6.31. The average molecular weight is 126 g/mol. The second kappa shape index (κ2) is 2.48. The smallest absolute Gasteiger partial charge is 0.0596 e. The molecule has 0 unspecified atom stereocenters. The molecule has 0 aromatic rings. The van der Waals surface area contributed by atoms with E-state index < -0.39 is 0 Å². The minimum atomic E-state index is 0.473. The summed E-state index contributed by atoms with van der Waals surface area (Å²) in [6, 6.07) is 0.961. The summed E-state index contributed by atoms with van der Waals surface area (Å²) in [5.41, 5.74) is 1.23. The zero-order valence-corrected chi connectivity index (χ0v) is 6.31. The molecule has 0 aromatic heterocycles. The highest BCUT2D eigenvalue weighted by Gasteiger charge is 2.12. The van der Waals surface area contributed by atoms with E-state index in [1.165, 1.54) is 5.71 Å². The van der Waals surface area contributed by atoms with Crippen LogP contribution in [0.1, 0.15) is 20.8 Å². The summed E-state index contributed by atoms with van der Waals surface area (Å²) in [5, 5.41) is 3.35. The third-order valence-electron chi connectivity index (χ3n) is 1.77. The Bertz CT molecular complexity index is 129. The van der Waals surface area contributed by atoms with Gasteiger partial charge in [0.05, 0.1) is 6.04 Å². The molecule has 0 saturated heterocycles. The van der Waals surface area contributed by atoms with Gasteiger partial charge in [-0.2, -0.15) is 0 Å². The minimum absolute atomic E-state index is 0.473. The molecule has 0 saturated carbocycles. The molecule has 1 aliphatic heterocycles. The number of nitrogens with one attached hydrogen (secondary N) is 1. The van der Waals surface area contributed by atoms with Crippen molar-refractivity contribution in [3.8, 4) is 0 Å². The molecule has 2 nitrogen and oxygen atoms in total. The molecule has 1 heterocycles. The second-order valence-electron chi connectivity index (χ2n) is 2.75. The second-order valence-corrected chi connectivity index (χ2v) is 2.75. The Morgan fingerprint density at radius 3 is 2.67 bits per heavy atom. The first-order valence-electron chi connectivity index (χ1n) is 3.48.